The van der Waals surface area contributed by atoms with Crippen LogP contribution in [-0.4, -0.2) is 35.9 Å². The molecule has 0 saturated carbocycles. The molecule has 1 rings (SSSR count). The smallest absolute Gasteiger partial charge is 0.243 e. The number of thioether (sulfide) groups is 1. The van der Waals surface area contributed by atoms with E-state index in [4.69, 9.17) is 18.0 Å². The lowest BCUT2D eigenvalue weighted by Gasteiger charge is -2.15. The number of pyridine rings is 1. The molecule has 0 radical (unpaired) electrons. The zero-order chi connectivity index (χ0) is 14.5. The van der Waals surface area contributed by atoms with E-state index in [-0.39, 0.29) is 21.6 Å². The molecular weight excluding hydrogens is 302 g/mol. The second-order valence-corrected chi connectivity index (χ2v) is 7.34. The van der Waals surface area contributed by atoms with Crippen molar-refractivity contribution >= 4 is 39.0 Å². The number of sulfonamides is 1. The minimum atomic E-state index is -3.66. The van der Waals surface area contributed by atoms with E-state index in [9.17, 15) is 8.42 Å². The SMILES string of the molecule is CCSCC(C)NS(=O)(=O)c1cccnc1C(N)=S. The summed E-state index contributed by atoms with van der Waals surface area (Å²) in [6.45, 7) is 3.84. The van der Waals surface area contributed by atoms with Crippen molar-refractivity contribution in [3.63, 3.8) is 0 Å². The van der Waals surface area contributed by atoms with E-state index in [1.54, 1.807) is 17.8 Å². The van der Waals surface area contributed by atoms with Crippen LogP contribution in [0.3, 0.4) is 0 Å². The van der Waals surface area contributed by atoms with Crippen molar-refractivity contribution in [2.24, 2.45) is 5.73 Å². The third-order valence-electron chi connectivity index (χ3n) is 2.22. The largest absolute Gasteiger partial charge is 0.388 e. The highest BCUT2D eigenvalue weighted by atomic mass is 32.2. The van der Waals surface area contributed by atoms with Gasteiger partial charge >= 0.3 is 0 Å². The van der Waals surface area contributed by atoms with Crippen LogP contribution in [-0.2, 0) is 10.0 Å². The lowest BCUT2D eigenvalue weighted by molar-refractivity contribution is 0.570. The Kier molecular flexibility index (Phi) is 6.18. The topological polar surface area (TPSA) is 85.1 Å². The molecule has 0 aliphatic heterocycles. The molecule has 0 fully saturated rings. The maximum atomic E-state index is 12.3. The fraction of sp³-hybridized carbons (Fsp3) is 0.455. The quantitative estimate of drug-likeness (QED) is 0.733. The van der Waals surface area contributed by atoms with E-state index in [1.165, 1.54) is 12.3 Å². The van der Waals surface area contributed by atoms with Gasteiger partial charge in [0.25, 0.3) is 0 Å². The van der Waals surface area contributed by atoms with Crippen LogP contribution in [0.4, 0.5) is 0 Å². The van der Waals surface area contributed by atoms with E-state index < -0.39 is 10.0 Å². The Morgan fingerprint density at radius 2 is 2.32 bits per heavy atom. The van der Waals surface area contributed by atoms with Gasteiger partial charge in [0.2, 0.25) is 10.0 Å². The van der Waals surface area contributed by atoms with Gasteiger partial charge in [-0.25, -0.2) is 13.1 Å². The Balaban J connectivity index is 2.98. The molecule has 0 aliphatic rings. The number of nitrogens with one attached hydrogen (secondary N) is 1. The maximum absolute atomic E-state index is 12.3. The number of nitrogens with zero attached hydrogens (tertiary/aromatic N) is 1. The second kappa shape index (κ2) is 7.18. The van der Waals surface area contributed by atoms with Gasteiger partial charge in [-0.15, -0.1) is 0 Å². The van der Waals surface area contributed by atoms with Crippen molar-refractivity contribution in [2.75, 3.05) is 11.5 Å². The van der Waals surface area contributed by atoms with Gasteiger partial charge in [-0.05, 0) is 24.8 Å². The molecule has 0 bridgehead atoms. The summed E-state index contributed by atoms with van der Waals surface area (Å²) in [4.78, 5) is 3.92. The van der Waals surface area contributed by atoms with Gasteiger partial charge in [0.1, 0.15) is 15.6 Å². The van der Waals surface area contributed by atoms with Gasteiger partial charge in [0, 0.05) is 18.0 Å². The Hall–Kier alpha value is -0.700. The lowest BCUT2D eigenvalue weighted by atomic mass is 10.3. The van der Waals surface area contributed by atoms with Gasteiger partial charge in [0.05, 0.1) is 0 Å². The van der Waals surface area contributed by atoms with Crippen molar-refractivity contribution < 1.29 is 8.42 Å². The summed E-state index contributed by atoms with van der Waals surface area (Å²) in [5, 5.41) is 0. The molecule has 0 saturated heterocycles. The number of aromatic nitrogens is 1. The van der Waals surface area contributed by atoms with Crippen molar-refractivity contribution in [1.29, 1.82) is 0 Å². The monoisotopic (exact) mass is 319 g/mol. The molecule has 1 aromatic heterocycles. The average Bonchev–Trinajstić information content (AvgIpc) is 2.35. The third-order valence-corrected chi connectivity index (χ3v) is 5.18. The number of hydrogen-bond acceptors (Lipinski definition) is 5. The van der Waals surface area contributed by atoms with Crippen molar-refractivity contribution in [1.82, 2.24) is 9.71 Å². The lowest BCUT2D eigenvalue weighted by Crippen LogP contribution is -2.35. The molecular formula is C11H17N3O2S3. The van der Waals surface area contributed by atoms with E-state index in [0.29, 0.717) is 5.75 Å². The first-order valence-electron chi connectivity index (χ1n) is 5.73. The van der Waals surface area contributed by atoms with Crippen LogP contribution in [0.1, 0.15) is 19.5 Å². The van der Waals surface area contributed by atoms with Crippen LogP contribution < -0.4 is 10.5 Å². The summed E-state index contributed by atoms with van der Waals surface area (Å²) in [7, 11) is -3.66. The van der Waals surface area contributed by atoms with Gasteiger partial charge in [0.15, 0.2) is 0 Å². The molecule has 0 amide bonds. The number of thiocarbonyl (C=S) groups is 1. The molecule has 19 heavy (non-hydrogen) atoms. The molecule has 3 N–H and O–H groups in total. The zero-order valence-electron chi connectivity index (χ0n) is 10.8. The minimum absolute atomic E-state index is 0.0239. The highest BCUT2D eigenvalue weighted by molar-refractivity contribution is 7.99. The highest BCUT2D eigenvalue weighted by Gasteiger charge is 2.22. The van der Waals surface area contributed by atoms with Crippen LogP contribution >= 0.6 is 24.0 Å². The predicted molar refractivity (Wildman–Crippen MR) is 82.9 cm³/mol. The molecule has 1 aromatic rings. The maximum Gasteiger partial charge on any atom is 0.243 e. The first-order valence-corrected chi connectivity index (χ1v) is 8.78. The first-order chi connectivity index (χ1) is 8.88. The number of rotatable bonds is 7. The van der Waals surface area contributed by atoms with Crippen LogP contribution in [0.25, 0.3) is 0 Å². The minimum Gasteiger partial charge on any atom is -0.388 e. The van der Waals surface area contributed by atoms with E-state index >= 15 is 0 Å². The van der Waals surface area contributed by atoms with E-state index in [1.807, 2.05) is 13.8 Å². The third kappa shape index (κ3) is 4.72. The predicted octanol–water partition coefficient (Wildman–Crippen LogP) is 1.14. The highest BCUT2D eigenvalue weighted by Crippen LogP contribution is 2.14. The average molecular weight is 319 g/mol. The van der Waals surface area contributed by atoms with E-state index in [0.717, 1.165) is 5.75 Å². The summed E-state index contributed by atoms with van der Waals surface area (Å²) >= 11 is 6.49. The Bertz CT molecular complexity index is 546. The summed E-state index contributed by atoms with van der Waals surface area (Å²) in [5.74, 6) is 1.65. The van der Waals surface area contributed by atoms with Crippen molar-refractivity contribution in [2.45, 2.75) is 24.8 Å². The van der Waals surface area contributed by atoms with E-state index in [2.05, 4.69) is 9.71 Å². The second-order valence-electron chi connectivity index (χ2n) is 3.90. The molecule has 1 unspecified atom stereocenters. The van der Waals surface area contributed by atoms with Gasteiger partial charge in [-0.3, -0.25) is 4.98 Å². The molecule has 1 atom stereocenters. The van der Waals surface area contributed by atoms with Crippen LogP contribution in [0.15, 0.2) is 23.2 Å². The molecule has 1 heterocycles. The summed E-state index contributed by atoms with van der Waals surface area (Å²) in [6, 6.07) is 2.82. The first kappa shape index (κ1) is 16.4. The van der Waals surface area contributed by atoms with Crippen molar-refractivity contribution in [3.8, 4) is 0 Å². The summed E-state index contributed by atoms with van der Waals surface area (Å²) in [6.07, 6.45) is 1.46. The molecule has 0 aromatic carbocycles. The zero-order valence-corrected chi connectivity index (χ0v) is 13.2. The molecule has 0 aliphatic carbocycles. The number of hydrogen-bond donors (Lipinski definition) is 2. The molecule has 8 heteroatoms. The molecule has 5 nitrogen and oxygen atoms in total. The van der Waals surface area contributed by atoms with Crippen molar-refractivity contribution in [3.05, 3.63) is 24.0 Å². The van der Waals surface area contributed by atoms with Gasteiger partial charge in [-0.1, -0.05) is 19.1 Å². The standard InChI is InChI=1S/C11H17N3O2S3/c1-3-18-7-8(2)14-19(15,16)9-5-4-6-13-10(9)11(12)17/h4-6,8,14H,3,7H2,1-2H3,(H2,12,17). The normalized spacial score (nSPS) is 13.2. The fourth-order valence-electron chi connectivity index (χ4n) is 1.45. The Morgan fingerprint density at radius 3 is 2.89 bits per heavy atom. The summed E-state index contributed by atoms with van der Waals surface area (Å²) < 4.78 is 27.1. The Labute approximate surface area is 123 Å². The fourth-order valence-corrected chi connectivity index (χ4v) is 3.87. The van der Waals surface area contributed by atoms with Crippen LogP contribution in [0, 0.1) is 0 Å². The van der Waals surface area contributed by atoms with Crippen LogP contribution in [0.5, 0.6) is 0 Å². The summed E-state index contributed by atoms with van der Waals surface area (Å²) in [5.41, 5.74) is 5.62. The molecule has 106 valence electrons. The van der Waals surface area contributed by atoms with Gasteiger partial charge in [-0.2, -0.15) is 11.8 Å². The molecule has 0 spiro atoms. The Morgan fingerprint density at radius 1 is 1.63 bits per heavy atom. The van der Waals surface area contributed by atoms with Crippen LogP contribution in [0.2, 0.25) is 0 Å². The number of nitrogens with two attached hydrogens (primary N) is 1. The van der Waals surface area contributed by atoms with Gasteiger partial charge < -0.3 is 5.73 Å².